The number of amides is 1. The van der Waals surface area contributed by atoms with Crippen LogP contribution >= 0.6 is 0 Å². The first-order chi connectivity index (χ1) is 20.6. The van der Waals surface area contributed by atoms with Gasteiger partial charge in [0.05, 0.1) is 17.6 Å². The van der Waals surface area contributed by atoms with E-state index in [1.165, 1.54) is 6.07 Å². The van der Waals surface area contributed by atoms with Crippen LogP contribution in [0.3, 0.4) is 0 Å². The molecule has 0 radical (unpaired) electrons. The van der Waals surface area contributed by atoms with Gasteiger partial charge in [-0.2, -0.15) is 13.1 Å². The Morgan fingerprint density at radius 1 is 1.09 bits per heavy atom. The van der Waals surface area contributed by atoms with Crippen LogP contribution in [0.2, 0.25) is 0 Å². The van der Waals surface area contributed by atoms with E-state index in [-0.39, 0.29) is 28.1 Å². The van der Waals surface area contributed by atoms with Gasteiger partial charge in [-0.1, -0.05) is 0 Å². The second kappa shape index (κ2) is 9.46. The van der Waals surface area contributed by atoms with Crippen LogP contribution in [0.25, 0.3) is 28.1 Å². The van der Waals surface area contributed by atoms with Gasteiger partial charge in [0.1, 0.15) is 22.8 Å². The molecule has 3 atom stereocenters. The number of imidazole rings is 1. The highest BCUT2D eigenvalue weighted by Crippen LogP contribution is 2.46. The summed E-state index contributed by atoms with van der Waals surface area (Å²) in [5.41, 5.74) is 10.7. The summed E-state index contributed by atoms with van der Waals surface area (Å²) < 4.78 is 56.2. The predicted molar refractivity (Wildman–Crippen MR) is 157 cm³/mol. The van der Waals surface area contributed by atoms with E-state index in [2.05, 4.69) is 9.38 Å². The van der Waals surface area contributed by atoms with E-state index in [0.29, 0.717) is 47.7 Å². The van der Waals surface area contributed by atoms with Gasteiger partial charge in [0.15, 0.2) is 0 Å². The number of pyridine rings is 2. The van der Waals surface area contributed by atoms with E-state index in [4.69, 9.17) is 10.7 Å². The van der Waals surface area contributed by atoms with E-state index < -0.39 is 16.6 Å². The van der Waals surface area contributed by atoms with Crippen LogP contribution in [0.1, 0.15) is 60.5 Å². The summed E-state index contributed by atoms with van der Waals surface area (Å²) in [6, 6.07) is 8.77. The Balaban J connectivity index is 1.24. The Labute approximate surface area is 247 Å². The first kappa shape index (κ1) is 27.0. The number of nitrogens with two attached hydrogens (primary N) is 1. The highest BCUT2D eigenvalue weighted by molar-refractivity contribution is 7.92. The quantitative estimate of drug-likeness (QED) is 0.300. The van der Waals surface area contributed by atoms with Crippen molar-refractivity contribution in [2.75, 3.05) is 17.1 Å². The minimum absolute atomic E-state index is 0.0169. The molecule has 43 heavy (non-hydrogen) atoms. The number of hydrogen-bond acceptors (Lipinski definition) is 6. The fraction of sp³-hybridized carbons (Fsp3) is 0.500. The van der Waals surface area contributed by atoms with Crippen LogP contribution in [0.4, 0.5) is 14.6 Å². The van der Waals surface area contributed by atoms with Gasteiger partial charge >= 0.3 is 6.55 Å². The van der Waals surface area contributed by atoms with Crippen molar-refractivity contribution in [3.63, 3.8) is 0 Å². The Morgan fingerprint density at radius 2 is 1.88 bits per heavy atom. The Kier molecular flexibility index (Phi) is 5.94. The molecule has 10 nitrogen and oxygen atoms in total. The number of piperidine rings is 1. The molecule has 4 aromatic heterocycles. The SMILES string of the molecule is CS(=O)(=O)N(c1ccc2cc(-c3nc4cc(C(=O)N5C[C@H]6CC[C@@H]5[C@@H]6N)ccn4c3C3CC3)n(CC3CC3)c2n1)C(F)F. The normalized spacial score (nSPS) is 23.7. The fourth-order valence-electron chi connectivity index (χ4n) is 7.17. The van der Waals surface area contributed by atoms with Crippen molar-refractivity contribution >= 4 is 38.4 Å². The number of likely N-dealkylation sites (tertiary alicyclic amines) is 1. The molecule has 1 aliphatic heterocycles. The van der Waals surface area contributed by atoms with Gasteiger partial charge in [-0.05, 0) is 80.7 Å². The van der Waals surface area contributed by atoms with Gasteiger partial charge in [0, 0.05) is 48.2 Å². The molecule has 5 heterocycles. The number of fused-ring (bicyclic) bond motifs is 4. The predicted octanol–water partition coefficient (Wildman–Crippen LogP) is 4.19. The second-order valence-electron chi connectivity index (χ2n) is 12.7. The lowest BCUT2D eigenvalue weighted by molar-refractivity contribution is 0.0700. The summed E-state index contributed by atoms with van der Waals surface area (Å²) >= 11 is 0. The van der Waals surface area contributed by atoms with E-state index in [1.807, 2.05) is 33.9 Å². The average molecular weight is 610 g/mol. The molecule has 2 N–H and O–H groups in total. The molecule has 4 fully saturated rings. The molecule has 226 valence electrons. The summed E-state index contributed by atoms with van der Waals surface area (Å²) in [7, 11) is -4.25. The van der Waals surface area contributed by atoms with E-state index >= 15 is 0 Å². The molecule has 0 spiro atoms. The summed E-state index contributed by atoms with van der Waals surface area (Å²) in [5, 5.41) is 0.720. The van der Waals surface area contributed by atoms with Crippen molar-refractivity contribution in [2.24, 2.45) is 17.6 Å². The number of nitrogens with zero attached hydrogens (tertiary/aromatic N) is 6. The maximum atomic E-state index is 13.8. The van der Waals surface area contributed by atoms with E-state index in [0.717, 1.165) is 67.2 Å². The molecule has 4 aromatic rings. The fourth-order valence-corrected chi connectivity index (χ4v) is 7.91. The van der Waals surface area contributed by atoms with Crippen LogP contribution in [0, 0.1) is 11.8 Å². The monoisotopic (exact) mass is 609 g/mol. The maximum absolute atomic E-state index is 13.8. The summed E-state index contributed by atoms with van der Waals surface area (Å²) in [6.45, 7) is -1.93. The zero-order chi connectivity index (χ0) is 29.8. The number of carbonyl (C=O) groups excluding carboxylic acids is 1. The van der Waals surface area contributed by atoms with Crippen molar-refractivity contribution in [1.29, 1.82) is 0 Å². The number of sulfonamides is 1. The molecule has 0 unspecified atom stereocenters. The molecule has 4 aliphatic rings. The Bertz CT molecular complexity index is 1900. The average Bonchev–Trinajstić information content (AvgIpc) is 3.86. The highest BCUT2D eigenvalue weighted by Gasteiger charge is 2.47. The number of halogens is 2. The van der Waals surface area contributed by atoms with Crippen LogP contribution in [0.15, 0.2) is 36.5 Å². The first-order valence-corrected chi connectivity index (χ1v) is 16.8. The number of rotatable bonds is 8. The van der Waals surface area contributed by atoms with Gasteiger partial charge in [-0.25, -0.2) is 18.4 Å². The van der Waals surface area contributed by atoms with Crippen LogP contribution in [-0.2, 0) is 16.6 Å². The first-order valence-electron chi connectivity index (χ1n) is 14.9. The molecule has 13 heteroatoms. The molecule has 2 bridgehead atoms. The lowest BCUT2D eigenvalue weighted by Gasteiger charge is -2.27. The second-order valence-corrected chi connectivity index (χ2v) is 14.6. The maximum Gasteiger partial charge on any atom is 0.329 e. The minimum atomic E-state index is -4.25. The van der Waals surface area contributed by atoms with Crippen LogP contribution in [0.5, 0.6) is 0 Å². The number of hydrogen-bond donors (Lipinski definition) is 1. The molecule has 3 saturated carbocycles. The van der Waals surface area contributed by atoms with Crippen LogP contribution in [-0.4, -0.2) is 69.6 Å². The van der Waals surface area contributed by atoms with Crippen molar-refractivity contribution in [3.05, 3.63) is 47.8 Å². The van der Waals surface area contributed by atoms with Crippen LogP contribution < -0.4 is 10.0 Å². The van der Waals surface area contributed by atoms with Crippen molar-refractivity contribution < 1.29 is 22.0 Å². The Hall–Kier alpha value is -3.58. The zero-order valence-electron chi connectivity index (χ0n) is 23.7. The molecule has 0 aromatic carbocycles. The van der Waals surface area contributed by atoms with Gasteiger partial charge in [0.25, 0.3) is 5.91 Å². The summed E-state index contributed by atoms with van der Waals surface area (Å²) in [4.78, 5) is 25.0. The third-order valence-corrected chi connectivity index (χ3v) is 10.7. The van der Waals surface area contributed by atoms with Gasteiger partial charge in [0.2, 0.25) is 10.0 Å². The number of carbonyl (C=O) groups is 1. The standard InChI is InChI=1S/C30H33F2N7O3S/c1-43(41,42)39(30(31)32)23-9-7-18-12-22(37(28(18)35-23)14-16-2-3-16)26-27(17-4-5-17)36-11-10-19(13-24(36)34-26)29(40)38-15-20-6-8-21(38)25(20)33/h7,9-13,16-17,20-21,25,30H,2-6,8,14-15,33H2,1H3/t20-,21-,25-/m1/s1. The number of aromatic nitrogens is 4. The van der Waals surface area contributed by atoms with Crippen molar-refractivity contribution in [2.45, 2.75) is 69.6 Å². The molecule has 3 aliphatic carbocycles. The van der Waals surface area contributed by atoms with Gasteiger partial charge in [-0.3, -0.25) is 4.79 Å². The molecule has 1 amide bonds. The summed E-state index contributed by atoms with van der Waals surface area (Å²) in [5.74, 6) is 0.771. The number of alkyl halides is 2. The minimum Gasteiger partial charge on any atom is -0.334 e. The van der Waals surface area contributed by atoms with E-state index in [1.54, 1.807) is 6.07 Å². The topological polar surface area (TPSA) is 119 Å². The molecular weight excluding hydrogens is 576 g/mol. The largest absolute Gasteiger partial charge is 0.334 e. The molecular formula is C30H33F2N7O3S. The smallest absolute Gasteiger partial charge is 0.329 e. The third-order valence-electron chi connectivity index (χ3n) is 9.66. The molecule has 8 rings (SSSR count). The zero-order valence-corrected chi connectivity index (χ0v) is 24.6. The van der Waals surface area contributed by atoms with Crippen molar-refractivity contribution in [1.82, 2.24) is 23.8 Å². The van der Waals surface area contributed by atoms with Gasteiger partial charge < -0.3 is 19.6 Å². The summed E-state index contributed by atoms with van der Waals surface area (Å²) in [6.07, 6.45) is 8.86. The number of anilines is 1. The third kappa shape index (κ3) is 4.42. The lowest BCUT2D eigenvalue weighted by Crippen LogP contribution is -2.41. The van der Waals surface area contributed by atoms with Gasteiger partial charge in [-0.15, -0.1) is 0 Å². The highest BCUT2D eigenvalue weighted by atomic mass is 32.2. The lowest BCUT2D eigenvalue weighted by atomic mass is 10.1. The molecule has 1 saturated heterocycles. The Morgan fingerprint density at radius 3 is 2.51 bits per heavy atom. The van der Waals surface area contributed by atoms with Crippen molar-refractivity contribution in [3.8, 4) is 11.4 Å². The van der Waals surface area contributed by atoms with E-state index in [9.17, 15) is 22.0 Å².